The lowest BCUT2D eigenvalue weighted by Crippen LogP contribution is -2.47. The fourth-order valence-corrected chi connectivity index (χ4v) is 5.93. The number of carbonyl (C=O) groups is 3. The van der Waals surface area contributed by atoms with Gasteiger partial charge in [0.25, 0.3) is 5.91 Å². The van der Waals surface area contributed by atoms with E-state index in [1.165, 1.54) is 22.3 Å². The molecular weight excluding hydrogens is 518 g/mol. The van der Waals surface area contributed by atoms with Crippen molar-refractivity contribution >= 4 is 63.5 Å². The maximum absolute atomic E-state index is 13.5. The van der Waals surface area contributed by atoms with Gasteiger partial charge in [-0.05, 0) is 40.8 Å². The largest absolute Gasteiger partial charge is 0.481 e. The molecule has 12 heteroatoms. The summed E-state index contributed by atoms with van der Waals surface area (Å²) in [6.07, 6.45) is 1.02. The Bertz CT molecular complexity index is 1220. The smallest absolute Gasteiger partial charge is 0.306 e. The highest BCUT2D eigenvalue weighted by atomic mass is 32.2. The maximum Gasteiger partial charge on any atom is 0.306 e. The van der Waals surface area contributed by atoms with Crippen LogP contribution in [0.25, 0.3) is 17.2 Å². The Morgan fingerprint density at radius 3 is 2.77 bits per heavy atom. The molecule has 2 aliphatic rings. The number of carboxylic acids is 1. The van der Waals surface area contributed by atoms with Crippen LogP contribution in [0.2, 0.25) is 0 Å². The number of thiocarbonyl (C=S) groups is 1. The minimum absolute atomic E-state index is 0.0544. The number of thiophene rings is 1. The fraction of sp³-hybridized carbons (Fsp3) is 0.304. The number of carboxylic acid groups (broad SMARTS) is 1. The van der Waals surface area contributed by atoms with E-state index in [4.69, 9.17) is 22.1 Å². The van der Waals surface area contributed by atoms with Gasteiger partial charge < -0.3 is 14.7 Å². The van der Waals surface area contributed by atoms with Crippen LogP contribution in [-0.2, 0) is 19.1 Å². The predicted molar refractivity (Wildman–Crippen MR) is 133 cm³/mol. The molecule has 184 valence electrons. The van der Waals surface area contributed by atoms with Gasteiger partial charge in [-0.15, -0.1) is 11.3 Å². The van der Waals surface area contributed by atoms with E-state index in [0.717, 1.165) is 28.8 Å². The van der Waals surface area contributed by atoms with Crippen LogP contribution in [0.15, 0.2) is 34.6 Å². The molecule has 2 amide bonds. The number of ether oxygens (including phenoxy) is 1. The normalized spacial score (nSPS) is 19.6. The third kappa shape index (κ3) is 6.13. The number of aliphatic carboxylic acids is 1. The van der Waals surface area contributed by atoms with E-state index in [2.05, 4.69) is 0 Å². The van der Waals surface area contributed by atoms with Crippen molar-refractivity contribution in [3.63, 3.8) is 0 Å². The zero-order valence-electron chi connectivity index (χ0n) is 18.2. The van der Waals surface area contributed by atoms with Crippen molar-refractivity contribution in [1.29, 1.82) is 0 Å². The van der Waals surface area contributed by atoms with Gasteiger partial charge in [0, 0.05) is 30.9 Å². The van der Waals surface area contributed by atoms with Crippen molar-refractivity contribution in [2.45, 2.75) is 18.9 Å². The van der Waals surface area contributed by atoms with Gasteiger partial charge in [0.15, 0.2) is 11.6 Å². The summed E-state index contributed by atoms with van der Waals surface area (Å²) < 4.78 is 32.5. The SMILES string of the molecule is O=C(O)CC1CN(C(=O)CCN2C(=O)/C(=C/c3cc(-c4ccc(F)c(F)c4)cs3)SC2=S)CCO1. The lowest BCUT2D eigenvalue weighted by Gasteiger charge is -2.32. The standard InChI is InChI=1S/C23H20F2N2O5S3/c24-17-2-1-13(8-18(17)25)14-7-16(34-12-14)10-19-22(31)27(23(33)35-19)4-3-20(28)26-5-6-32-15(11-26)9-21(29)30/h1-2,7-8,10,12,15H,3-6,9,11H2,(H,29,30)/b19-10-. The van der Waals surface area contributed by atoms with Gasteiger partial charge in [0.05, 0.1) is 24.0 Å². The first-order valence-electron chi connectivity index (χ1n) is 10.6. The minimum Gasteiger partial charge on any atom is -0.481 e. The number of hydrogen-bond donors (Lipinski definition) is 1. The van der Waals surface area contributed by atoms with Gasteiger partial charge in [-0.3, -0.25) is 19.3 Å². The average molecular weight is 539 g/mol. The highest BCUT2D eigenvalue weighted by molar-refractivity contribution is 8.26. The molecule has 1 unspecified atom stereocenters. The van der Waals surface area contributed by atoms with Crippen LogP contribution >= 0.6 is 35.3 Å². The highest BCUT2D eigenvalue weighted by Gasteiger charge is 2.33. The van der Waals surface area contributed by atoms with E-state index < -0.39 is 23.7 Å². The number of amides is 2. The summed E-state index contributed by atoms with van der Waals surface area (Å²) in [4.78, 5) is 40.5. The molecule has 7 nitrogen and oxygen atoms in total. The number of benzene rings is 1. The Balaban J connectivity index is 1.37. The van der Waals surface area contributed by atoms with E-state index in [9.17, 15) is 23.2 Å². The summed E-state index contributed by atoms with van der Waals surface area (Å²) in [5.74, 6) is -3.34. The highest BCUT2D eigenvalue weighted by Crippen LogP contribution is 2.35. The van der Waals surface area contributed by atoms with Gasteiger partial charge in [0.1, 0.15) is 4.32 Å². The van der Waals surface area contributed by atoms with Crippen molar-refractivity contribution in [2.24, 2.45) is 0 Å². The molecule has 4 rings (SSSR count). The third-order valence-electron chi connectivity index (χ3n) is 5.46. The van der Waals surface area contributed by atoms with Gasteiger partial charge >= 0.3 is 5.97 Å². The molecule has 0 radical (unpaired) electrons. The quantitative estimate of drug-likeness (QED) is 0.422. The Kier molecular flexibility index (Phi) is 7.95. The van der Waals surface area contributed by atoms with Crippen molar-refractivity contribution in [1.82, 2.24) is 9.80 Å². The van der Waals surface area contributed by atoms with E-state index in [1.54, 1.807) is 22.4 Å². The number of nitrogens with zero attached hydrogens (tertiary/aromatic N) is 2. The van der Waals surface area contributed by atoms with Crippen LogP contribution in [0.3, 0.4) is 0 Å². The average Bonchev–Trinajstić information content (AvgIpc) is 3.38. The molecule has 0 aliphatic carbocycles. The lowest BCUT2D eigenvalue weighted by atomic mass is 10.1. The summed E-state index contributed by atoms with van der Waals surface area (Å²) in [5.41, 5.74) is 1.23. The second kappa shape index (κ2) is 10.9. The van der Waals surface area contributed by atoms with Crippen LogP contribution in [0.1, 0.15) is 17.7 Å². The van der Waals surface area contributed by atoms with Crippen molar-refractivity contribution < 1.29 is 33.0 Å². The second-order valence-corrected chi connectivity index (χ2v) is 10.5. The molecule has 0 bridgehead atoms. The number of morpholine rings is 1. The van der Waals surface area contributed by atoms with Gasteiger partial charge in [0.2, 0.25) is 5.91 Å². The molecule has 2 fully saturated rings. The monoisotopic (exact) mass is 538 g/mol. The van der Waals surface area contributed by atoms with Gasteiger partial charge in [-0.2, -0.15) is 0 Å². The number of rotatable bonds is 7. The van der Waals surface area contributed by atoms with Crippen LogP contribution in [-0.4, -0.2) is 69.4 Å². The lowest BCUT2D eigenvalue weighted by molar-refractivity contribution is -0.147. The number of hydrogen-bond acceptors (Lipinski definition) is 7. The van der Waals surface area contributed by atoms with Crippen molar-refractivity contribution in [3.05, 3.63) is 51.1 Å². The summed E-state index contributed by atoms with van der Waals surface area (Å²) in [6, 6.07) is 5.45. The summed E-state index contributed by atoms with van der Waals surface area (Å²) >= 11 is 7.83. The predicted octanol–water partition coefficient (Wildman–Crippen LogP) is 3.99. The van der Waals surface area contributed by atoms with E-state index in [-0.39, 0.29) is 44.4 Å². The molecule has 3 heterocycles. The van der Waals surface area contributed by atoms with Crippen LogP contribution in [0.5, 0.6) is 0 Å². The first-order chi connectivity index (χ1) is 16.7. The van der Waals surface area contributed by atoms with Gasteiger partial charge in [-0.1, -0.05) is 30.0 Å². The molecule has 2 aliphatic heterocycles. The first-order valence-corrected chi connectivity index (χ1v) is 12.7. The molecule has 35 heavy (non-hydrogen) atoms. The van der Waals surface area contributed by atoms with E-state index >= 15 is 0 Å². The third-order valence-corrected chi connectivity index (χ3v) is 7.72. The molecule has 0 spiro atoms. The Hall–Kier alpha value is -2.67. The van der Waals surface area contributed by atoms with Crippen molar-refractivity contribution in [3.8, 4) is 11.1 Å². The molecular formula is C23H20F2N2O5S3. The molecule has 1 aromatic carbocycles. The minimum atomic E-state index is -0.989. The van der Waals surface area contributed by atoms with E-state index in [1.807, 2.05) is 0 Å². The summed E-state index contributed by atoms with van der Waals surface area (Å²) in [6.45, 7) is 0.946. The number of carbonyl (C=O) groups excluding carboxylic acids is 2. The Morgan fingerprint density at radius 1 is 1.23 bits per heavy atom. The molecule has 2 saturated heterocycles. The Morgan fingerprint density at radius 2 is 2.03 bits per heavy atom. The number of halogens is 2. The van der Waals surface area contributed by atoms with Crippen LogP contribution in [0, 0.1) is 11.6 Å². The molecule has 0 saturated carbocycles. The zero-order valence-corrected chi connectivity index (χ0v) is 20.7. The molecule has 1 atom stereocenters. The van der Waals surface area contributed by atoms with Crippen LogP contribution in [0.4, 0.5) is 8.78 Å². The fourth-order valence-electron chi connectivity index (χ4n) is 3.71. The first kappa shape index (κ1) is 25.4. The van der Waals surface area contributed by atoms with Crippen LogP contribution < -0.4 is 0 Å². The van der Waals surface area contributed by atoms with Gasteiger partial charge in [-0.25, -0.2) is 8.78 Å². The molecule has 1 aromatic heterocycles. The van der Waals surface area contributed by atoms with E-state index in [0.29, 0.717) is 26.9 Å². The topological polar surface area (TPSA) is 87.2 Å². The maximum atomic E-state index is 13.5. The second-order valence-electron chi connectivity index (χ2n) is 7.88. The molecule has 2 aromatic rings. The molecule has 1 N–H and O–H groups in total. The summed E-state index contributed by atoms with van der Waals surface area (Å²) in [5, 5.41) is 10.7. The summed E-state index contributed by atoms with van der Waals surface area (Å²) in [7, 11) is 0. The van der Waals surface area contributed by atoms with Crippen molar-refractivity contribution in [2.75, 3.05) is 26.2 Å². The Labute approximate surface area is 213 Å². The zero-order chi connectivity index (χ0) is 25.1. The number of thioether (sulfide) groups is 1.